The predicted molar refractivity (Wildman–Crippen MR) is 78.3 cm³/mol. The molecule has 0 aliphatic heterocycles. The number of nitrogens with two attached hydrogens (primary N) is 1. The van der Waals surface area contributed by atoms with Crippen LogP contribution in [0, 0.1) is 12.8 Å². The lowest BCUT2D eigenvalue weighted by Gasteiger charge is -2.17. The molecule has 0 bridgehead atoms. The molecule has 0 aliphatic carbocycles. The molecule has 110 valence electrons. The Balaban J connectivity index is 2.55. The van der Waals surface area contributed by atoms with E-state index in [0.717, 1.165) is 5.56 Å². The van der Waals surface area contributed by atoms with Crippen LogP contribution in [0.3, 0.4) is 0 Å². The summed E-state index contributed by atoms with van der Waals surface area (Å²) in [6, 6.07) is 5.15. The summed E-state index contributed by atoms with van der Waals surface area (Å²) in [4.78, 5) is 23.5. The summed E-state index contributed by atoms with van der Waals surface area (Å²) in [6.45, 7) is 7.42. The lowest BCUT2D eigenvalue weighted by atomic mass is 10.1. The summed E-state index contributed by atoms with van der Waals surface area (Å²) in [5.74, 6) is -0.577. The van der Waals surface area contributed by atoms with E-state index in [4.69, 9.17) is 10.5 Å². The minimum absolute atomic E-state index is 0.0326. The number of ether oxygens (including phenoxy) is 1. The number of para-hydroxylation sites is 1. The fourth-order valence-electron chi connectivity index (χ4n) is 1.53. The number of benzene rings is 1. The molecule has 0 aliphatic rings. The zero-order chi connectivity index (χ0) is 15.3. The van der Waals surface area contributed by atoms with Crippen LogP contribution in [0.4, 0.5) is 5.69 Å². The predicted octanol–water partition coefficient (Wildman–Crippen LogP) is 1.89. The average Bonchev–Trinajstić information content (AvgIpc) is 2.39. The number of nitrogens with one attached hydrogen (secondary N) is 1. The summed E-state index contributed by atoms with van der Waals surface area (Å²) < 4.78 is 4.98. The molecule has 0 spiro atoms. The molecular weight excluding hydrogens is 256 g/mol. The quantitative estimate of drug-likeness (QED) is 0.636. The van der Waals surface area contributed by atoms with Crippen LogP contribution in [0.15, 0.2) is 18.2 Å². The number of hydrogen-bond acceptors (Lipinski definition) is 4. The molecule has 1 atom stereocenters. The number of aryl methyl sites for hydroxylation is 1. The third-order valence-electron chi connectivity index (χ3n) is 3.27. The topological polar surface area (TPSA) is 81.4 Å². The fourth-order valence-corrected chi connectivity index (χ4v) is 1.53. The van der Waals surface area contributed by atoms with Gasteiger partial charge in [0.25, 0.3) is 5.91 Å². The van der Waals surface area contributed by atoms with E-state index < -0.39 is 5.97 Å². The normalized spacial score (nSPS) is 12.1. The van der Waals surface area contributed by atoms with Gasteiger partial charge >= 0.3 is 5.97 Å². The Bertz CT molecular complexity index is 498. The molecule has 1 aromatic carbocycles. The molecule has 0 saturated heterocycles. The summed E-state index contributed by atoms with van der Waals surface area (Å²) in [5, 5.41) is 2.76. The molecule has 0 unspecified atom stereocenters. The van der Waals surface area contributed by atoms with Crippen LogP contribution in [-0.4, -0.2) is 24.5 Å². The van der Waals surface area contributed by atoms with E-state index >= 15 is 0 Å². The maximum Gasteiger partial charge on any atom is 0.340 e. The molecule has 1 rings (SSSR count). The van der Waals surface area contributed by atoms with Gasteiger partial charge in [-0.05, 0) is 31.4 Å². The van der Waals surface area contributed by atoms with Gasteiger partial charge in [-0.3, -0.25) is 4.79 Å². The molecule has 5 heteroatoms. The second-order valence-electron chi connectivity index (χ2n) is 5.21. The maximum absolute atomic E-state index is 11.9. The van der Waals surface area contributed by atoms with Crippen molar-refractivity contribution in [2.45, 2.75) is 33.7 Å². The number of carbonyl (C=O) groups excluding carboxylic acids is 2. The van der Waals surface area contributed by atoms with E-state index in [9.17, 15) is 9.59 Å². The smallest absolute Gasteiger partial charge is 0.340 e. The second kappa shape index (κ2) is 6.93. The van der Waals surface area contributed by atoms with Crippen LogP contribution in [0.25, 0.3) is 0 Å². The van der Waals surface area contributed by atoms with Crippen LogP contribution >= 0.6 is 0 Å². The van der Waals surface area contributed by atoms with Crippen molar-refractivity contribution >= 4 is 17.6 Å². The number of anilines is 1. The molecule has 1 amide bonds. The average molecular weight is 278 g/mol. The first kappa shape index (κ1) is 16.0. The first-order valence-corrected chi connectivity index (χ1v) is 6.64. The molecule has 0 fully saturated rings. The van der Waals surface area contributed by atoms with Gasteiger partial charge in [-0.2, -0.15) is 0 Å². The van der Waals surface area contributed by atoms with Crippen molar-refractivity contribution in [1.29, 1.82) is 0 Å². The number of rotatable bonds is 5. The molecule has 0 radical (unpaired) electrons. The minimum atomic E-state index is -0.585. The number of amides is 1. The number of esters is 1. The SMILES string of the molecule is Cc1cccc(C(=O)OCC(=O)N[C@@H](C)C(C)C)c1N. The lowest BCUT2D eigenvalue weighted by molar-refractivity contribution is -0.125. The Kier molecular flexibility index (Phi) is 5.55. The first-order chi connectivity index (χ1) is 9.32. The van der Waals surface area contributed by atoms with Crippen molar-refractivity contribution < 1.29 is 14.3 Å². The van der Waals surface area contributed by atoms with Crippen molar-refractivity contribution in [2.24, 2.45) is 5.92 Å². The van der Waals surface area contributed by atoms with Gasteiger partial charge in [0.1, 0.15) is 0 Å². The molecule has 0 saturated carbocycles. The zero-order valence-electron chi connectivity index (χ0n) is 12.4. The van der Waals surface area contributed by atoms with Gasteiger partial charge in [0.05, 0.1) is 5.56 Å². The summed E-state index contributed by atoms with van der Waals surface area (Å²) in [6.07, 6.45) is 0. The molecule has 0 aromatic heterocycles. The highest BCUT2D eigenvalue weighted by Crippen LogP contribution is 2.17. The van der Waals surface area contributed by atoms with Crippen molar-refractivity contribution in [1.82, 2.24) is 5.32 Å². The monoisotopic (exact) mass is 278 g/mol. The highest BCUT2D eigenvalue weighted by molar-refractivity contribution is 5.96. The number of hydrogen-bond donors (Lipinski definition) is 2. The van der Waals surface area contributed by atoms with E-state index in [1.165, 1.54) is 0 Å². The minimum Gasteiger partial charge on any atom is -0.452 e. The fraction of sp³-hybridized carbons (Fsp3) is 0.467. The van der Waals surface area contributed by atoms with Crippen LogP contribution in [0.2, 0.25) is 0 Å². The largest absolute Gasteiger partial charge is 0.452 e. The Morgan fingerprint density at radius 1 is 1.30 bits per heavy atom. The van der Waals surface area contributed by atoms with Gasteiger partial charge in [-0.1, -0.05) is 26.0 Å². The lowest BCUT2D eigenvalue weighted by Crippen LogP contribution is -2.38. The second-order valence-corrected chi connectivity index (χ2v) is 5.21. The van der Waals surface area contributed by atoms with Crippen LogP contribution in [0.1, 0.15) is 36.7 Å². The number of nitrogen functional groups attached to an aromatic ring is 1. The number of carbonyl (C=O) groups is 2. The Morgan fingerprint density at radius 3 is 2.55 bits per heavy atom. The van der Waals surface area contributed by atoms with E-state index in [1.807, 2.05) is 33.8 Å². The van der Waals surface area contributed by atoms with Crippen LogP contribution < -0.4 is 11.1 Å². The first-order valence-electron chi connectivity index (χ1n) is 6.64. The van der Waals surface area contributed by atoms with E-state index in [1.54, 1.807) is 12.1 Å². The van der Waals surface area contributed by atoms with Crippen LogP contribution in [-0.2, 0) is 9.53 Å². The highest BCUT2D eigenvalue weighted by Gasteiger charge is 2.15. The van der Waals surface area contributed by atoms with E-state index in [-0.39, 0.29) is 24.1 Å². The van der Waals surface area contributed by atoms with Gasteiger partial charge in [0.15, 0.2) is 6.61 Å². The van der Waals surface area contributed by atoms with Gasteiger partial charge in [0, 0.05) is 11.7 Å². The third-order valence-corrected chi connectivity index (χ3v) is 3.27. The standard InChI is InChI=1S/C15H22N2O3/c1-9(2)11(4)17-13(18)8-20-15(19)12-7-5-6-10(3)14(12)16/h5-7,9,11H,8,16H2,1-4H3,(H,17,18)/t11-/m0/s1. The van der Waals surface area contributed by atoms with Gasteiger partial charge in [0.2, 0.25) is 0 Å². The Labute approximate surface area is 119 Å². The van der Waals surface area contributed by atoms with Crippen molar-refractivity contribution in [3.8, 4) is 0 Å². The molecule has 0 heterocycles. The summed E-state index contributed by atoms with van der Waals surface area (Å²) in [5.41, 5.74) is 7.28. The van der Waals surface area contributed by atoms with E-state index in [0.29, 0.717) is 11.6 Å². The Morgan fingerprint density at radius 2 is 1.95 bits per heavy atom. The zero-order valence-corrected chi connectivity index (χ0v) is 12.4. The van der Waals surface area contributed by atoms with Crippen molar-refractivity contribution in [2.75, 3.05) is 12.3 Å². The molecular formula is C15H22N2O3. The van der Waals surface area contributed by atoms with E-state index in [2.05, 4.69) is 5.32 Å². The van der Waals surface area contributed by atoms with Gasteiger partial charge < -0.3 is 15.8 Å². The molecule has 5 nitrogen and oxygen atoms in total. The van der Waals surface area contributed by atoms with Crippen molar-refractivity contribution in [3.63, 3.8) is 0 Å². The van der Waals surface area contributed by atoms with Gasteiger partial charge in [-0.15, -0.1) is 0 Å². The van der Waals surface area contributed by atoms with Gasteiger partial charge in [-0.25, -0.2) is 4.79 Å². The molecule has 1 aromatic rings. The van der Waals surface area contributed by atoms with Crippen molar-refractivity contribution in [3.05, 3.63) is 29.3 Å². The molecule has 20 heavy (non-hydrogen) atoms. The van der Waals surface area contributed by atoms with Crippen LogP contribution in [0.5, 0.6) is 0 Å². The molecule has 3 N–H and O–H groups in total. The highest BCUT2D eigenvalue weighted by atomic mass is 16.5. The summed E-state index contributed by atoms with van der Waals surface area (Å²) in [7, 11) is 0. The summed E-state index contributed by atoms with van der Waals surface area (Å²) >= 11 is 0. The third kappa shape index (κ3) is 4.26. The Hall–Kier alpha value is -2.04. The maximum atomic E-state index is 11.9.